The van der Waals surface area contributed by atoms with Gasteiger partial charge in [-0.05, 0) is 39.2 Å². The Balaban J connectivity index is 2.11. The fourth-order valence-corrected chi connectivity index (χ4v) is 2.58. The van der Waals surface area contributed by atoms with Gasteiger partial charge in [-0.25, -0.2) is 0 Å². The molecule has 0 bridgehead atoms. The highest BCUT2D eigenvalue weighted by Crippen LogP contribution is 2.56. The minimum absolute atomic E-state index is 0.249. The topological polar surface area (TPSA) is 56.0 Å². The van der Waals surface area contributed by atoms with E-state index in [9.17, 15) is 5.11 Å². The summed E-state index contributed by atoms with van der Waals surface area (Å²) in [5.74, 6) is 0.249. The van der Waals surface area contributed by atoms with E-state index in [1.807, 2.05) is 6.92 Å². The van der Waals surface area contributed by atoms with Crippen LogP contribution in [-0.2, 0) is 0 Å². The number of rotatable bonds is 2. The summed E-state index contributed by atoms with van der Waals surface area (Å²) in [6.45, 7) is 3.75. The molecule has 1 aliphatic carbocycles. The Hall–Kier alpha value is -0.590. The van der Waals surface area contributed by atoms with Gasteiger partial charge in [0.1, 0.15) is 0 Å². The molecular formula is C11H18N2O. The second-order valence-electron chi connectivity index (χ2n) is 4.88. The number of nitrogens with one attached hydrogen (secondary N) is 1. The van der Waals surface area contributed by atoms with Gasteiger partial charge in [0.05, 0.1) is 17.1 Å². The number of hydrogen-bond donors (Lipinski definition) is 2. The summed E-state index contributed by atoms with van der Waals surface area (Å²) in [6, 6.07) is 2.31. The molecule has 0 spiro atoms. The minimum atomic E-state index is -0.796. The van der Waals surface area contributed by atoms with Gasteiger partial charge in [0.2, 0.25) is 0 Å². The average Bonchev–Trinajstić information content (AvgIpc) is 3.00. The summed E-state index contributed by atoms with van der Waals surface area (Å²) in [4.78, 5) is 0. The molecule has 2 aliphatic rings. The first kappa shape index (κ1) is 9.95. The number of nitriles is 1. The first-order valence-corrected chi connectivity index (χ1v) is 5.47. The molecule has 0 radical (unpaired) electrons. The zero-order valence-electron chi connectivity index (χ0n) is 8.71. The molecule has 2 fully saturated rings. The van der Waals surface area contributed by atoms with Crippen molar-refractivity contribution in [1.29, 1.82) is 5.26 Å². The lowest BCUT2D eigenvalue weighted by molar-refractivity contribution is -0.0538. The van der Waals surface area contributed by atoms with E-state index in [1.165, 1.54) is 0 Å². The maximum atomic E-state index is 10.5. The van der Waals surface area contributed by atoms with E-state index >= 15 is 0 Å². The molecule has 1 saturated heterocycles. The Bertz CT molecular complexity index is 257. The Morgan fingerprint density at radius 2 is 2.29 bits per heavy atom. The normalized spacial score (nSPS) is 34.2. The lowest BCUT2D eigenvalue weighted by Crippen LogP contribution is -2.49. The van der Waals surface area contributed by atoms with Gasteiger partial charge in [-0.2, -0.15) is 5.26 Å². The highest BCUT2D eigenvalue weighted by atomic mass is 16.3. The van der Waals surface area contributed by atoms with Gasteiger partial charge in [-0.1, -0.05) is 0 Å². The van der Waals surface area contributed by atoms with Crippen LogP contribution in [0.3, 0.4) is 0 Å². The number of hydrogen-bond acceptors (Lipinski definition) is 3. The highest BCUT2D eigenvalue weighted by Gasteiger charge is 2.59. The summed E-state index contributed by atoms with van der Waals surface area (Å²) in [7, 11) is 0. The SMILES string of the molecule is CC(O)(C1CCCNC1)C1(C#N)CC1. The Morgan fingerprint density at radius 1 is 1.57 bits per heavy atom. The van der Waals surface area contributed by atoms with Crippen molar-refractivity contribution in [1.82, 2.24) is 5.32 Å². The van der Waals surface area contributed by atoms with Gasteiger partial charge in [0.15, 0.2) is 0 Å². The molecule has 1 saturated carbocycles. The van der Waals surface area contributed by atoms with Gasteiger partial charge in [-0.15, -0.1) is 0 Å². The van der Waals surface area contributed by atoms with Crippen molar-refractivity contribution in [2.24, 2.45) is 11.3 Å². The van der Waals surface area contributed by atoms with Crippen LogP contribution in [-0.4, -0.2) is 23.8 Å². The molecule has 2 rings (SSSR count). The van der Waals surface area contributed by atoms with Crippen LogP contribution in [0.2, 0.25) is 0 Å². The van der Waals surface area contributed by atoms with Gasteiger partial charge >= 0.3 is 0 Å². The fraction of sp³-hybridized carbons (Fsp3) is 0.909. The molecular weight excluding hydrogens is 176 g/mol. The lowest BCUT2D eigenvalue weighted by atomic mass is 9.73. The van der Waals surface area contributed by atoms with Crippen molar-refractivity contribution in [2.75, 3.05) is 13.1 Å². The first-order valence-electron chi connectivity index (χ1n) is 5.47. The van der Waals surface area contributed by atoms with Crippen LogP contribution in [0.25, 0.3) is 0 Å². The van der Waals surface area contributed by atoms with Crippen LogP contribution in [0.15, 0.2) is 0 Å². The summed E-state index contributed by atoms with van der Waals surface area (Å²) < 4.78 is 0. The second-order valence-corrected chi connectivity index (χ2v) is 4.88. The predicted molar refractivity (Wildman–Crippen MR) is 53.5 cm³/mol. The fourth-order valence-electron chi connectivity index (χ4n) is 2.58. The molecule has 0 amide bonds. The molecule has 3 nitrogen and oxygen atoms in total. The van der Waals surface area contributed by atoms with Gasteiger partial charge < -0.3 is 10.4 Å². The van der Waals surface area contributed by atoms with Crippen molar-refractivity contribution >= 4 is 0 Å². The largest absolute Gasteiger partial charge is 0.388 e. The number of nitrogens with zero attached hydrogens (tertiary/aromatic N) is 1. The molecule has 0 aromatic carbocycles. The third kappa shape index (κ3) is 1.34. The molecule has 3 heteroatoms. The van der Waals surface area contributed by atoms with Crippen LogP contribution in [0, 0.1) is 22.7 Å². The minimum Gasteiger partial charge on any atom is -0.388 e. The smallest absolute Gasteiger partial charge is 0.0861 e. The molecule has 1 heterocycles. The Kier molecular flexibility index (Phi) is 2.29. The molecule has 1 aliphatic heterocycles. The molecule has 0 aromatic rings. The monoisotopic (exact) mass is 194 g/mol. The maximum Gasteiger partial charge on any atom is 0.0861 e. The summed E-state index contributed by atoms with van der Waals surface area (Å²) in [5, 5.41) is 22.9. The van der Waals surface area contributed by atoms with E-state index in [2.05, 4.69) is 11.4 Å². The second kappa shape index (κ2) is 3.22. The predicted octanol–water partition coefficient (Wildman–Crippen LogP) is 1.04. The van der Waals surface area contributed by atoms with Crippen LogP contribution < -0.4 is 5.32 Å². The van der Waals surface area contributed by atoms with Crippen molar-refractivity contribution in [3.63, 3.8) is 0 Å². The molecule has 14 heavy (non-hydrogen) atoms. The van der Waals surface area contributed by atoms with Crippen LogP contribution in [0.4, 0.5) is 0 Å². The zero-order chi connectivity index (χ0) is 10.2. The Morgan fingerprint density at radius 3 is 2.71 bits per heavy atom. The van der Waals surface area contributed by atoms with E-state index in [0.29, 0.717) is 0 Å². The van der Waals surface area contributed by atoms with Gasteiger partial charge in [0, 0.05) is 12.5 Å². The van der Waals surface area contributed by atoms with E-state index in [4.69, 9.17) is 5.26 Å². The maximum absolute atomic E-state index is 10.5. The number of aliphatic hydroxyl groups is 1. The average molecular weight is 194 g/mol. The van der Waals surface area contributed by atoms with E-state index in [-0.39, 0.29) is 5.92 Å². The van der Waals surface area contributed by atoms with Crippen molar-refractivity contribution in [2.45, 2.75) is 38.2 Å². The lowest BCUT2D eigenvalue weighted by Gasteiger charge is -2.39. The zero-order valence-corrected chi connectivity index (χ0v) is 8.71. The first-order chi connectivity index (χ1) is 6.62. The third-order valence-electron chi connectivity index (χ3n) is 4.02. The van der Waals surface area contributed by atoms with Gasteiger partial charge in [-0.3, -0.25) is 0 Å². The molecule has 2 atom stereocenters. The third-order valence-corrected chi connectivity index (χ3v) is 4.02. The standard InChI is InChI=1S/C11H18N2O/c1-10(14,11(8-12)4-5-11)9-3-2-6-13-7-9/h9,13-14H,2-7H2,1H3. The molecule has 78 valence electrons. The van der Waals surface area contributed by atoms with Crippen molar-refractivity contribution < 1.29 is 5.11 Å². The van der Waals surface area contributed by atoms with Crippen molar-refractivity contribution in [3.8, 4) is 6.07 Å². The van der Waals surface area contributed by atoms with Crippen LogP contribution >= 0.6 is 0 Å². The summed E-state index contributed by atoms with van der Waals surface area (Å²) in [5.41, 5.74) is -1.23. The quantitative estimate of drug-likeness (QED) is 0.690. The van der Waals surface area contributed by atoms with Crippen molar-refractivity contribution in [3.05, 3.63) is 0 Å². The van der Waals surface area contributed by atoms with Crippen LogP contribution in [0.1, 0.15) is 32.6 Å². The van der Waals surface area contributed by atoms with Crippen LogP contribution in [0.5, 0.6) is 0 Å². The number of piperidine rings is 1. The van der Waals surface area contributed by atoms with E-state index < -0.39 is 11.0 Å². The summed E-state index contributed by atoms with van der Waals surface area (Å²) in [6.07, 6.45) is 3.89. The van der Waals surface area contributed by atoms with Gasteiger partial charge in [0.25, 0.3) is 0 Å². The molecule has 2 unspecified atom stereocenters. The molecule has 0 aromatic heterocycles. The Labute approximate surface area is 85.1 Å². The van der Waals surface area contributed by atoms with E-state index in [0.717, 1.165) is 38.8 Å². The van der Waals surface area contributed by atoms with E-state index in [1.54, 1.807) is 0 Å². The summed E-state index contributed by atoms with van der Waals surface area (Å²) >= 11 is 0. The highest BCUT2D eigenvalue weighted by molar-refractivity contribution is 5.20. The molecule has 2 N–H and O–H groups in total.